The third kappa shape index (κ3) is 5.19. The van der Waals surface area contributed by atoms with Crippen LogP contribution in [-0.4, -0.2) is 25.0 Å². The monoisotopic (exact) mass is 528 g/mol. The second-order valence-electron chi connectivity index (χ2n) is 7.84. The number of rotatable bonds is 6. The predicted molar refractivity (Wildman–Crippen MR) is 134 cm³/mol. The number of nitrogens with zero attached hydrogens (tertiary/aromatic N) is 1. The molecule has 0 spiro atoms. The molecule has 4 amide bonds. The summed E-state index contributed by atoms with van der Waals surface area (Å²) in [6.45, 7) is 1.89. The SMILES string of the molecule is COc1cc(/C=C2/C(=O)NC(=O)N(c3ccc(C)c(Cl)c3)C2=O)cc(Cl)c1OCc1ccc(F)cc1. The van der Waals surface area contributed by atoms with Gasteiger partial charge in [0.05, 0.1) is 17.8 Å². The fourth-order valence-electron chi connectivity index (χ4n) is 3.48. The smallest absolute Gasteiger partial charge is 0.335 e. The lowest BCUT2D eigenvalue weighted by atomic mass is 10.1. The second kappa shape index (κ2) is 10.4. The lowest BCUT2D eigenvalue weighted by Crippen LogP contribution is -2.54. The van der Waals surface area contributed by atoms with Gasteiger partial charge in [0.15, 0.2) is 11.5 Å². The van der Waals surface area contributed by atoms with Crippen LogP contribution in [-0.2, 0) is 16.2 Å². The van der Waals surface area contributed by atoms with Gasteiger partial charge < -0.3 is 9.47 Å². The summed E-state index contributed by atoms with van der Waals surface area (Å²) >= 11 is 12.6. The third-order valence-corrected chi connectivity index (χ3v) is 6.06. The number of nitrogens with one attached hydrogen (secondary N) is 1. The average molecular weight is 529 g/mol. The number of halogens is 3. The fourth-order valence-corrected chi connectivity index (χ4v) is 3.93. The number of urea groups is 1. The summed E-state index contributed by atoms with van der Waals surface area (Å²) in [4.78, 5) is 38.9. The summed E-state index contributed by atoms with van der Waals surface area (Å²) < 4.78 is 24.3. The van der Waals surface area contributed by atoms with Gasteiger partial charge in [-0.1, -0.05) is 41.4 Å². The largest absolute Gasteiger partial charge is 0.493 e. The molecule has 0 aromatic heterocycles. The second-order valence-corrected chi connectivity index (χ2v) is 8.65. The Labute approximate surface area is 216 Å². The minimum absolute atomic E-state index is 0.105. The molecule has 0 aliphatic carbocycles. The molecular formula is C26H19Cl2FN2O5. The minimum atomic E-state index is -0.887. The zero-order chi connectivity index (χ0) is 26.0. The lowest BCUT2D eigenvalue weighted by molar-refractivity contribution is -0.122. The van der Waals surface area contributed by atoms with Crippen LogP contribution in [0.1, 0.15) is 16.7 Å². The molecule has 36 heavy (non-hydrogen) atoms. The number of carbonyl (C=O) groups excluding carboxylic acids is 3. The van der Waals surface area contributed by atoms with Gasteiger partial charge in [-0.2, -0.15) is 0 Å². The Morgan fingerprint density at radius 2 is 1.72 bits per heavy atom. The van der Waals surface area contributed by atoms with Crippen molar-refractivity contribution in [2.75, 3.05) is 12.0 Å². The van der Waals surface area contributed by atoms with E-state index >= 15 is 0 Å². The highest BCUT2D eigenvalue weighted by Crippen LogP contribution is 2.38. The molecule has 0 saturated carbocycles. The summed E-state index contributed by atoms with van der Waals surface area (Å²) in [7, 11) is 1.41. The number of benzene rings is 3. The predicted octanol–water partition coefficient (Wildman–Crippen LogP) is 5.69. The molecule has 0 unspecified atom stereocenters. The first-order valence-corrected chi connectivity index (χ1v) is 11.4. The maximum atomic E-state index is 13.2. The van der Waals surface area contributed by atoms with Gasteiger partial charge in [0.2, 0.25) is 0 Å². The number of ether oxygens (including phenoxy) is 2. The Bertz CT molecular complexity index is 1410. The standard InChI is InChI=1S/C26H19Cl2FN2O5/c1-14-3-8-18(12-20(14)27)31-25(33)19(24(32)30-26(31)34)9-16-10-21(28)23(22(11-16)35-2)36-13-15-4-6-17(29)7-5-15/h3-12H,13H2,1-2H3,(H,30,32,34)/b19-9-. The van der Waals surface area contributed by atoms with Crippen LogP contribution in [0.4, 0.5) is 14.9 Å². The summed E-state index contributed by atoms with van der Waals surface area (Å²) in [6.07, 6.45) is 1.30. The molecule has 3 aromatic rings. The first-order valence-electron chi connectivity index (χ1n) is 10.6. The van der Waals surface area contributed by atoms with E-state index in [9.17, 15) is 18.8 Å². The number of hydrogen-bond donors (Lipinski definition) is 1. The number of carbonyl (C=O) groups is 3. The summed E-state index contributed by atoms with van der Waals surface area (Å²) in [5.74, 6) is -1.56. The van der Waals surface area contributed by atoms with Crippen LogP contribution < -0.4 is 19.7 Å². The Kier molecular flexibility index (Phi) is 7.28. The van der Waals surface area contributed by atoms with Crippen molar-refractivity contribution in [1.29, 1.82) is 0 Å². The van der Waals surface area contributed by atoms with Crippen molar-refractivity contribution < 1.29 is 28.2 Å². The van der Waals surface area contributed by atoms with Gasteiger partial charge >= 0.3 is 6.03 Å². The zero-order valence-electron chi connectivity index (χ0n) is 19.1. The number of amides is 4. The van der Waals surface area contributed by atoms with E-state index in [4.69, 9.17) is 32.7 Å². The van der Waals surface area contributed by atoms with Crippen molar-refractivity contribution in [3.8, 4) is 11.5 Å². The van der Waals surface area contributed by atoms with Crippen molar-refractivity contribution in [1.82, 2.24) is 5.32 Å². The van der Waals surface area contributed by atoms with E-state index in [-0.39, 0.29) is 40.2 Å². The van der Waals surface area contributed by atoms with Crippen molar-refractivity contribution in [3.05, 3.63) is 92.7 Å². The van der Waals surface area contributed by atoms with E-state index < -0.39 is 17.8 Å². The van der Waals surface area contributed by atoms with E-state index in [1.807, 2.05) is 0 Å². The number of hydrogen-bond acceptors (Lipinski definition) is 5. The number of barbiturate groups is 1. The number of imide groups is 2. The minimum Gasteiger partial charge on any atom is -0.493 e. The molecule has 0 bridgehead atoms. The molecule has 1 N–H and O–H groups in total. The van der Waals surface area contributed by atoms with Gasteiger partial charge in [0, 0.05) is 5.02 Å². The molecule has 0 atom stereocenters. The van der Waals surface area contributed by atoms with Gasteiger partial charge in [-0.25, -0.2) is 14.1 Å². The topological polar surface area (TPSA) is 84.9 Å². The Morgan fingerprint density at radius 3 is 2.39 bits per heavy atom. The molecule has 1 fully saturated rings. The van der Waals surface area contributed by atoms with Crippen LogP contribution in [0.2, 0.25) is 10.0 Å². The van der Waals surface area contributed by atoms with Crippen molar-refractivity contribution in [3.63, 3.8) is 0 Å². The molecule has 0 radical (unpaired) electrons. The van der Waals surface area contributed by atoms with Gasteiger partial charge in [0.25, 0.3) is 11.8 Å². The quantitative estimate of drug-likeness (QED) is 0.328. The highest BCUT2D eigenvalue weighted by molar-refractivity contribution is 6.39. The summed E-state index contributed by atoms with van der Waals surface area (Å²) in [5.41, 5.74) is 1.77. The maximum absolute atomic E-state index is 13.2. The van der Waals surface area contributed by atoms with Crippen molar-refractivity contribution in [2.24, 2.45) is 0 Å². The fraction of sp³-hybridized carbons (Fsp3) is 0.115. The summed E-state index contributed by atoms with van der Waals surface area (Å²) in [5, 5.41) is 2.68. The highest BCUT2D eigenvalue weighted by atomic mass is 35.5. The maximum Gasteiger partial charge on any atom is 0.335 e. The van der Waals surface area contributed by atoms with Crippen LogP contribution >= 0.6 is 23.2 Å². The van der Waals surface area contributed by atoms with Gasteiger partial charge in [-0.05, 0) is 66.1 Å². The molecule has 1 aliphatic heterocycles. The van der Waals surface area contributed by atoms with Gasteiger partial charge in [0.1, 0.15) is 18.0 Å². The van der Waals surface area contributed by atoms with E-state index in [1.165, 1.54) is 43.5 Å². The molecule has 1 saturated heterocycles. The zero-order valence-corrected chi connectivity index (χ0v) is 20.6. The lowest BCUT2D eigenvalue weighted by Gasteiger charge is -2.26. The van der Waals surface area contributed by atoms with Crippen LogP contribution in [0.5, 0.6) is 11.5 Å². The number of anilines is 1. The molecule has 184 valence electrons. The molecule has 3 aromatic carbocycles. The van der Waals surface area contributed by atoms with Crippen LogP contribution in [0, 0.1) is 12.7 Å². The normalized spacial score (nSPS) is 14.8. The Balaban J connectivity index is 1.64. The Morgan fingerprint density at radius 1 is 1.00 bits per heavy atom. The number of aryl methyl sites for hydroxylation is 1. The van der Waals surface area contributed by atoms with Crippen LogP contribution in [0.15, 0.2) is 60.2 Å². The Hall–Kier alpha value is -3.88. The van der Waals surface area contributed by atoms with Gasteiger partial charge in [-0.3, -0.25) is 14.9 Å². The molecule has 7 nitrogen and oxygen atoms in total. The average Bonchev–Trinajstić information content (AvgIpc) is 2.84. The third-order valence-electron chi connectivity index (χ3n) is 5.37. The van der Waals surface area contributed by atoms with Crippen LogP contribution in [0.25, 0.3) is 6.08 Å². The molecular weight excluding hydrogens is 510 g/mol. The van der Waals surface area contributed by atoms with Crippen molar-refractivity contribution >= 4 is 52.8 Å². The number of methoxy groups -OCH3 is 1. The van der Waals surface area contributed by atoms with Crippen LogP contribution in [0.3, 0.4) is 0 Å². The first kappa shape index (κ1) is 25.2. The van der Waals surface area contributed by atoms with E-state index in [2.05, 4.69) is 5.32 Å². The molecule has 1 aliphatic rings. The van der Waals surface area contributed by atoms with E-state index in [1.54, 1.807) is 31.2 Å². The van der Waals surface area contributed by atoms with E-state index in [0.717, 1.165) is 10.5 Å². The van der Waals surface area contributed by atoms with E-state index in [0.29, 0.717) is 16.1 Å². The molecule has 4 rings (SSSR count). The first-order chi connectivity index (χ1) is 17.2. The molecule has 1 heterocycles. The molecule has 10 heteroatoms. The summed E-state index contributed by atoms with van der Waals surface area (Å²) in [6, 6.07) is 12.6. The highest BCUT2D eigenvalue weighted by Gasteiger charge is 2.37. The van der Waals surface area contributed by atoms with Gasteiger partial charge in [-0.15, -0.1) is 0 Å². The van der Waals surface area contributed by atoms with Crippen molar-refractivity contribution in [2.45, 2.75) is 13.5 Å².